The Hall–Kier alpha value is -3.35. The van der Waals surface area contributed by atoms with Crippen molar-refractivity contribution >= 4 is 33.9 Å². The lowest BCUT2D eigenvalue weighted by Crippen LogP contribution is -2.12. The molecule has 0 fully saturated rings. The second-order valence-corrected chi connectivity index (χ2v) is 5.92. The fourth-order valence-corrected chi connectivity index (χ4v) is 2.65. The van der Waals surface area contributed by atoms with E-state index in [4.69, 9.17) is 19.0 Å². The first-order chi connectivity index (χ1) is 13.0. The Morgan fingerprint density at radius 3 is 2.59 bits per heavy atom. The summed E-state index contributed by atoms with van der Waals surface area (Å²) in [5.74, 6) is -0.918. The molecule has 0 atom stereocenters. The molecule has 0 bridgehead atoms. The highest BCUT2D eigenvalue weighted by atomic mass is 16.6. The summed E-state index contributed by atoms with van der Waals surface area (Å²) >= 11 is 0. The maximum Gasteiger partial charge on any atom is 0.335 e. The number of carbonyl (C=O) groups excluding carboxylic acids is 1. The van der Waals surface area contributed by atoms with Crippen molar-refractivity contribution in [3.05, 3.63) is 52.2 Å². The van der Waals surface area contributed by atoms with E-state index >= 15 is 0 Å². The predicted octanol–water partition coefficient (Wildman–Crippen LogP) is 3.37. The first kappa shape index (κ1) is 18.4. The Balaban J connectivity index is 1.82. The standard InChI is InChI=1S/C20H18O7/c1-2-3-18(21)26-9-8-25-13-5-7-16-15(11-13)19(22)14-6-4-12(20(23)24)10-17(14)27-16/h4-7,10-11H,2-3,8-9H2,1H3,(H,23,24). The molecule has 0 saturated carbocycles. The Labute approximate surface area is 154 Å². The van der Waals surface area contributed by atoms with E-state index in [1.165, 1.54) is 18.2 Å². The van der Waals surface area contributed by atoms with E-state index in [1.54, 1.807) is 18.2 Å². The van der Waals surface area contributed by atoms with Gasteiger partial charge in [0.1, 0.15) is 30.1 Å². The van der Waals surface area contributed by atoms with Crippen LogP contribution in [-0.4, -0.2) is 30.3 Å². The third-order valence-electron chi connectivity index (χ3n) is 3.96. The third kappa shape index (κ3) is 4.08. The SMILES string of the molecule is CCCC(=O)OCCOc1ccc2oc3cc(C(=O)O)ccc3c(=O)c2c1. The number of esters is 1. The van der Waals surface area contributed by atoms with Crippen molar-refractivity contribution in [3.63, 3.8) is 0 Å². The minimum absolute atomic E-state index is 0.0440. The summed E-state index contributed by atoms with van der Waals surface area (Å²) in [6, 6.07) is 8.89. The van der Waals surface area contributed by atoms with Gasteiger partial charge in [-0.15, -0.1) is 0 Å². The maximum atomic E-state index is 12.7. The summed E-state index contributed by atoms with van der Waals surface area (Å²) in [6.07, 6.45) is 1.09. The van der Waals surface area contributed by atoms with Crippen LogP contribution in [0.4, 0.5) is 0 Å². The van der Waals surface area contributed by atoms with Gasteiger partial charge in [0.05, 0.1) is 16.3 Å². The zero-order valence-electron chi connectivity index (χ0n) is 14.7. The fraction of sp³-hybridized carbons (Fsp3) is 0.250. The number of rotatable bonds is 7. The van der Waals surface area contributed by atoms with Crippen LogP contribution in [0.2, 0.25) is 0 Å². The van der Waals surface area contributed by atoms with Crippen LogP contribution in [-0.2, 0) is 9.53 Å². The van der Waals surface area contributed by atoms with Crippen LogP contribution in [0.3, 0.4) is 0 Å². The molecule has 0 aliphatic carbocycles. The molecule has 0 saturated heterocycles. The van der Waals surface area contributed by atoms with Crippen molar-refractivity contribution < 1.29 is 28.6 Å². The molecule has 140 valence electrons. The average Bonchev–Trinajstić information content (AvgIpc) is 2.65. The van der Waals surface area contributed by atoms with Crippen molar-refractivity contribution in [2.45, 2.75) is 19.8 Å². The van der Waals surface area contributed by atoms with Gasteiger partial charge >= 0.3 is 11.9 Å². The van der Waals surface area contributed by atoms with E-state index in [2.05, 4.69) is 0 Å². The lowest BCUT2D eigenvalue weighted by Gasteiger charge is -2.08. The molecule has 0 aliphatic rings. The summed E-state index contributed by atoms with van der Waals surface area (Å²) in [5.41, 5.74) is 0.311. The van der Waals surface area contributed by atoms with E-state index in [0.29, 0.717) is 23.1 Å². The molecule has 7 heteroatoms. The van der Waals surface area contributed by atoms with Crippen molar-refractivity contribution in [1.82, 2.24) is 0 Å². The third-order valence-corrected chi connectivity index (χ3v) is 3.96. The number of hydrogen-bond acceptors (Lipinski definition) is 6. The van der Waals surface area contributed by atoms with Gasteiger partial charge in [0.15, 0.2) is 0 Å². The monoisotopic (exact) mass is 370 g/mol. The quantitative estimate of drug-likeness (QED) is 0.386. The van der Waals surface area contributed by atoms with Gasteiger partial charge in [0, 0.05) is 6.42 Å². The molecule has 0 radical (unpaired) electrons. The van der Waals surface area contributed by atoms with Crippen molar-refractivity contribution in [2.75, 3.05) is 13.2 Å². The molecule has 0 aliphatic heterocycles. The largest absolute Gasteiger partial charge is 0.490 e. The lowest BCUT2D eigenvalue weighted by atomic mass is 10.1. The number of ether oxygens (including phenoxy) is 2. The number of hydrogen-bond donors (Lipinski definition) is 1. The molecule has 0 spiro atoms. The second kappa shape index (κ2) is 7.90. The second-order valence-electron chi connectivity index (χ2n) is 5.92. The molecule has 3 rings (SSSR count). The molecule has 0 amide bonds. The van der Waals surface area contributed by atoms with Crippen LogP contribution in [0.5, 0.6) is 5.75 Å². The van der Waals surface area contributed by atoms with Gasteiger partial charge in [-0.2, -0.15) is 0 Å². The Kier molecular flexibility index (Phi) is 5.40. The van der Waals surface area contributed by atoms with E-state index in [0.717, 1.165) is 6.42 Å². The van der Waals surface area contributed by atoms with E-state index in [-0.39, 0.29) is 41.1 Å². The minimum Gasteiger partial charge on any atom is -0.490 e. The van der Waals surface area contributed by atoms with Crippen molar-refractivity contribution in [2.24, 2.45) is 0 Å². The Morgan fingerprint density at radius 1 is 1.04 bits per heavy atom. The minimum atomic E-state index is -1.09. The lowest BCUT2D eigenvalue weighted by molar-refractivity contribution is -0.144. The summed E-state index contributed by atoms with van der Waals surface area (Å²) in [7, 11) is 0. The van der Waals surface area contributed by atoms with Gasteiger partial charge < -0.3 is 19.0 Å². The van der Waals surface area contributed by atoms with Crippen LogP contribution < -0.4 is 10.2 Å². The van der Waals surface area contributed by atoms with Crippen molar-refractivity contribution in [3.8, 4) is 5.75 Å². The van der Waals surface area contributed by atoms with Gasteiger partial charge in [-0.1, -0.05) is 6.92 Å². The van der Waals surface area contributed by atoms with Crippen LogP contribution in [0.1, 0.15) is 30.1 Å². The summed E-state index contributed by atoms with van der Waals surface area (Å²) in [5, 5.41) is 9.68. The highest BCUT2D eigenvalue weighted by Gasteiger charge is 2.12. The van der Waals surface area contributed by atoms with Gasteiger partial charge in [-0.05, 0) is 42.8 Å². The van der Waals surface area contributed by atoms with Gasteiger partial charge in [0.2, 0.25) is 5.43 Å². The highest BCUT2D eigenvalue weighted by Crippen LogP contribution is 2.23. The average molecular weight is 370 g/mol. The Bertz CT molecular complexity index is 1070. The number of aromatic carboxylic acids is 1. The summed E-state index contributed by atoms with van der Waals surface area (Å²) in [6.45, 7) is 2.19. The molecule has 1 N–H and O–H groups in total. The molecular formula is C20H18O7. The molecular weight excluding hydrogens is 352 g/mol. The van der Waals surface area contributed by atoms with Gasteiger partial charge in [-0.25, -0.2) is 4.79 Å². The summed E-state index contributed by atoms with van der Waals surface area (Å²) in [4.78, 5) is 35.1. The molecule has 7 nitrogen and oxygen atoms in total. The molecule has 2 aromatic carbocycles. The number of carboxylic acid groups (broad SMARTS) is 1. The van der Waals surface area contributed by atoms with Crippen molar-refractivity contribution in [1.29, 1.82) is 0 Å². The summed E-state index contributed by atoms with van der Waals surface area (Å²) < 4.78 is 16.2. The molecule has 27 heavy (non-hydrogen) atoms. The molecule has 1 heterocycles. The van der Waals surface area contributed by atoms with Gasteiger partial charge in [-0.3, -0.25) is 9.59 Å². The number of fused-ring (bicyclic) bond motifs is 2. The maximum absolute atomic E-state index is 12.7. The zero-order valence-corrected chi connectivity index (χ0v) is 14.7. The van der Waals surface area contributed by atoms with Crippen LogP contribution in [0, 0.1) is 0 Å². The normalized spacial score (nSPS) is 10.9. The smallest absolute Gasteiger partial charge is 0.335 e. The molecule has 3 aromatic rings. The van der Waals surface area contributed by atoms with Crippen LogP contribution in [0.15, 0.2) is 45.6 Å². The Morgan fingerprint density at radius 2 is 1.85 bits per heavy atom. The van der Waals surface area contributed by atoms with Crippen LogP contribution in [0.25, 0.3) is 21.9 Å². The van der Waals surface area contributed by atoms with Crippen LogP contribution >= 0.6 is 0 Å². The van der Waals surface area contributed by atoms with Gasteiger partial charge in [0.25, 0.3) is 0 Å². The number of benzene rings is 2. The predicted molar refractivity (Wildman–Crippen MR) is 98.3 cm³/mol. The first-order valence-corrected chi connectivity index (χ1v) is 8.52. The van der Waals surface area contributed by atoms with E-state index in [9.17, 15) is 14.4 Å². The zero-order chi connectivity index (χ0) is 19.4. The number of carboxylic acids is 1. The fourth-order valence-electron chi connectivity index (χ4n) is 2.65. The molecule has 1 aromatic heterocycles. The topological polar surface area (TPSA) is 103 Å². The van der Waals surface area contributed by atoms with E-state index < -0.39 is 5.97 Å². The first-order valence-electron chi connectivity index (χ1n) is 8.52. The number of carbonyl (C=O) groups is 2. The van der Waals surface area contributed by atoms with E-state index in [1.807, 2.05) is 6.92 Å². The highest BCUT2D eigenvalue weighted by molar-refractivity contribution is 5.95. The molecule has 0 unspecified atom stereocenters.